The zero-order valence-corrected chi connectivity index (χ0v) is 13.8. The van der Waals surface area contributed by atoms with Gasteiger partial charge in [0.2, 0.25) is 0 Å². The fourth-order valence-corrected chi connectivity index (χ4v) is 3.67. The third-order valence-corrected chi connectivity index (χ3v) is 5.85. The number of hydrogen-bond donors (Lipinski definition) is 3. The van der Waals surface area contributed by atoms with Gasteiger partial charge in [0, 0.05) is 11.3 Å². The van der Waals surface area contributed by atoms with Crippen LogP contribution in [0.15, 0.2) is 24.3 Å². The van der Waals surface area contributed by atoms with E-state index in [9.17, 15) is 4.79 Å². The van der Waals surface area contributed by atoms with Crippen molar-refractivity contribution in [2.75, 3.05) is 12.8 Å². The van der Waals surface area contributed by atoms with Crippen molar-refractivity contribution in [3.63, 3.8) is 0 Å². The summed E-state index contributed by atoms with van der Waals surface area (Å²) in [4.78, 5) is 19.8. The van der Waals surface area contributed by atoms with Crippen LogP contribution in [0.5, 0.6) is 0 Å². The normalized spacial score (nSPS) is 17.7. The molecule has 2 amide bonds. The highest BCUT2D eigenvalue weighted by Gasteiger charge is 2.36. The van der Waals surface area contributed by atoms with Crippen LogP contribution in [0.4, 0.5) is 4.79 Å². The van der Waals surface area contributed by atoms with Crippen LogP contribution in [0.25, 0.3) is 11.0 Å². The molecule has 0 unspecified atom stereocenters. The number of amides is 2. The molecule has 5 nitrogen and oxygen atoms in total. The summed E-state index contributed by atoms with van der Waals surface area (Å²) in [6.45, 7) is 2.66. The van der Waals surface area contributed by atoms with E-state index < -0.39 is 0 Å². The summed E-state index contributed by atoms with van der Waals surface area (Å²) in [7, 11) is 0. The Labute approximate surface area is 134 Å². The van der Waals surface area contributed by atoms with Gasteiger partial charge in [0.05, 0.1) is 17.1 Å². The van der Waals surface area contributed by atoms with E-state index in [-0.39, 0.29) is 16.8 Å². The van der Waals surface area contributed by atoms with Gasteiger partial charge in [-0.3, -0.25) is 0 Å². The molecule has 22 heavy (non-hydrogen) atoms. The molecular formula is C16H22N4OS. The number of aromatic nitrogens is 2. The van der Waals surface area contributed by atoms with Crippen molar-refractivity contribution in [2.45, 2.75) is 37.0 Å². The number of carbonyl (C=O) groups excluding carboxylic acids is 1. The van der Waals surface area contributed by atoms with E-state index in [1.165, 1.54) is 19.3 Å². The molecule has 1 saturated carbocycles. The van der Waals surface area contributed by atoms with E-state index in [2.05, 4.69) is 26.9 Å². The van der Waals surface area contributed by atoms with Crippen LogP contribution in [0.3, 0.4) is 0 Å². The van der Waals surface area contributed by atoms with Crippen molar-refractivity contribution >= 4 is 28.8 Å². The minimum atomic E-state index is -0.154. The number of hydrogen-bond acceptors (Lipinski definition) is 3. The van der Waals surface area contributed by atoms with Gasteiger partial charge in [-0.05, 0) is 38.2 Å². The van der Waals surface area contributed by atoms with E-state index in [0.717, 1.165) is 23.4 Å². The maximum absolute atomic E-state index is 12.1. The smallest absolute Gasteiger partial charge is 0.315 e. The van der Waals surface area contributed by atoms with E-state index in [4.69, 9.17) is 0 Å². The first kappa shape index (κ1) is 15.2. The first-order valence-corrected chi connectivity index (χ1v) is 8.88. The Morgan fingerprint density at radius 2 is 2.23 bits per heavy atom. The molecule has 0 spiro atoms. The molecule has 3 rings (SSSR count). The van der Waals surface area contributed by atoms with Crippen LogP contribution in [0.2, 0.25) is 0 Å². The van der Waals surface area contributed by atoms with Gasteiger partial charge in [-0.25, -0.2) is 9.78 Å². The molecule has 1 aromatic heterocycles. The second-order valence-corrected chi connectivity index (χ2v) is 7.20. The Morgan fingerprint density at radius 3 is 2.86 bits per heavy atom. The van der Waals surface area contributed by atoms with Gasteiger partial charge in [0.1, 0.15) is 5.82 Å². The number of rotatable bonds is 5. The Balaban J connectivity index is 1.56. The molecule has 0 bridgehead atoms. The highest BCUT2D eigenvalue weighted by atomic mass is 32.2. The van der Waals surface area contributed by atoms with Gasteiger partial charge in [0.15, 0.2) is 0 Å². The average molecular weight is 318 g/mol. The van der Waals surface area contributed by atoms with Crippen molar-refractivity contribution < 1.29 is 4.79 Å². The Bertz CT molecular complexity index is 626. The molecule has 1 aromatic carbocycles. The van der Waals surface area contributed by atoms with Gasteiger partial charge >= 0.3 is 6.03 Å². The van der Waals surface area contributed by atoms with Crippen LogP contribution in [-0.4, -0.2) is 33.5 Å². The van der Waals surface area contributed by atoms with E-state index >= 15 is 0 Å². The van der Waals surface area contributed by atoms with Gasteiger partial charge in [0.25, 0.3) is 0 Å². The second-order valence-electron chi connectivity index (χ2n) is 5.93. The molecule has 6 heteroatoms. The molecule has 0 radical (unpaired) electrons. The zero-order chi connectivity index (χ0) is 15.6. The summed E-state index contributed by atoms with van der Waals surface area (Å²) in [5.74, 6) is 0.777. The highest BCUT2D eigenvalue weighted by molar-refractivity contribution is 8.00. The lowest BCUT2D eigenvalue weighted by molar-refractivity contribution is 0.233. The zero-order valence-electron chi connectivity index (χ0n) is 13.0. The number of nitrogens with zero attached hydrogens (tertiary/aromatic N) is 1. The fraction of sp³-hybridized carbons (Fsp3) is 0.500. The van der Waals surface area contributed by atoms with Crippen molar-refractivity contribution in [1.82, 2.24) is 20.6 Å². The predicted octanol–water partition coefficient (Wildman–Crippen LogP) is 3.21. The number of urea groups is 1. The first-order valence-electron chi connectivity index (χ1n) is 7.66. The van der Waals surface area contributed by atoms with Crippen LogP contribution >= 0.6 is 11.8 Å². The number of para-hydroxylation sites is 2. The SMILES string of the molecule is CSC1(CNC(=O)N[C@H](C)c2nc3ccccc3[nH]2)CCC1. The van der Waals surface area contributed by atoms with Crippen molar-refractivity contribution in [1.29, 1.82) is 0 Å². The summed E-state index contributed by atoms with van der Waals surface area (Å²) >= 11 is 1.86. The van der Waals surface area contributed by atoms with E-state index in [1.807, 2.05) is 43.0 Å². The third-order valence-electron chi connectivity index (χ3n) is 4.43. The molecule has 1 atom stereocenters. The summed E-state index contributed by atoms with van der Waals surface area (Å²) in [5, 5.41) is 5.95. The number of benzene rings is 1. The standard InChI is InChI=1S/C16H22N4OS/c1-11(14-19-12-6-3-4-7-13(12)20-14)18-15(21)17-10-16(22-2)8-5-9-16/h3-4,6-7,11H,5,8-10H2,1-2H3,(H,19,20)(H2,17,18,21)/t11-/m1/s1. The van der Waals surface area contributed by atoms with Crippen LogP contribution < -0.4 is 10.6 Å². The molecule has 1 aliphatic rings. The number of carbonyl (C=O) groups is 1. The molecule has 0 saturated heterocycles. The van der Waals surface area contributed by atoms with Gasteiger partial charge < -0.3 is 15.6 Å². The molecular weight excluding hydrogens is 296 g/mol. The van der Waals surface area contributed by atoms with E-state index in [0.29, 0.717) is 0 Å². The van der Waals surface area contributed by atoms with Crippen LogP contribution in [-0.2, 0) is 0 Å². The molecule has 2 aromatic rings. The molecule has 118 valence electrons. The fourth-order valence-electron chi connectivity index (χ4n) is 2.76. The van der Waals surface area contributed by atoms with Gasteiger partial charge in [-0.2, -0.15) is 11.8 Å². The Hall–Kier alpha value is -1.69. The van der Waals surface area contributed by atoms with Crippen molar-refractivity contribution in [2.24, 2.45) is 0 Å². The molecule has 1 heterocycles. The maximum Gasteiger partial charge on any atom is 0.315 e. The largest absolute Gasteiger partial charge is 0.340 e. The van der Waals surface area contributed by atoms with Gasteiger partial charge in [-0.1, -0.05) is 18.6 Å². The molecule has 0 aliphatic heterocycles. The quantitative estimate of drug-likeness (QED) is 0.793. The molecule has 3 N–H and O–H groups in total. The topological polar surface area (TPSA) is 69.8 Å². The van der Waals surface area contributed by atoms with E-state index in [1.54, 1.807) is 0 Å². The number of H-pyrrole nitrogens is 1. The molecule has 1 fully saturated rings. The lowest BCUT2D eigenvalue weighted by atomic mass is 9.84. The summed E-state index contributed by atoms with van der Waals surface area (Å²) in [6.07, 6.45) is 5.76. The second kappa shape index (κ2) is 6.20. The summed E-state index contributed by atoms with van der Waals surface area (Å²) in [5.41, 5.74) is 1.91. The average Bonchev–Trinajstić information content (AvgIpc) is 2.90. The lowest BCUT2D eigenvalue weighted by Gasteiger charge is -2.40. The number of fused-ring (bicyclic) bond motifs is 1. The number of thioether (sulfide) groups is 1. The minimum absolute atomic E-state index is 0.131. The molecule has 1 aliphatic carbocycles. The maximum atomic E-state index is 12.1. The lowest BCUT2D eigenvalue weighted by Crippen LogP contribution is -2.48. The number of aromatic amines is 1. The highest BCUT2D eigenvalue weighted by Crippen LogP contribution is 2.42. The Morgan fingerprint density at radius 1 is 1.45 bits per heavy atom. The van der Waals surface area contributed by atoms with Gasteiger partial charge in [-0.15, -0.1) is 0 Å². The Kier molecular flexibility index (Phi) is 4.29. The first-order chi connectivity index (χ1) is 10.6. The number of nitrogens with one attached hydrogen (secondary N) is 3. The predicted molar refractivity (Wildman–Crippen MR) is 91.1 cm³/mol. The monoisotopic (exact) mass is 318 g/mol. The van der Waals surface area contributed by atoms with Crippen LogP contribution in [0, 0.1) is 0 Å². The van der Waals surface area contributed by atoms with Crippen molar-refractivity contribution in [3.8, 4) is 0 Å². The number of imidazole rings is 1. The van der Waals surface area contributed by atoms with Crippen molar-refractivity contribution in [3.05, 3.63) is 30.1 Å². The minimum Gasteiger partial charge on any atom is -0.340 e. The third kappa shape index (κ3) is 3.06. The summed E-state index contributed by atoms with van der Waals surface area (Å²) in [6, 6.07) is 7.58. The summed E-state index contributed by atoms with van der Waals surface area (Å²) < 4.78 is 0.250. The van der Waals surface area contributed by atoms with Crippen LogP contribution in [0.1, 0.15) is 38.1 Å².